The predicted molar refractivity (Wildman–Crippen MR) is 88.7 cm³/mol. The van der Waals surface area contributed by atoms with Gasteiger partial charge in [-0.1, -0.05) is 29.3 Å². The zero-order valence-electron chi connectivity index (χ0n) is 11.8. The van der Waals surface area contributed by atoms with Crippen molar-refractivity contribution in [2.24, 2.45) is 0 Å². The average Bonchev–Trinajstić information content (AvgIpc) is 2.52. The quantitative estimate of drug-likeness (QED) is 0.730. The SMILES string of the molecule is C[C@H](Cc1cccnc1)n1cnc2c(Cl)ccc(Cl)c2c1=O. The van der Waals surface area contributed by atoms with E-state index in [-0.39, 0.29) is 11.6 Å². The van der Waals surface area contributed by atoms with Gasteiger partial charge in [-0.25, -0.2) is 4.98 Å². The highest BCUT2D eigenvalue weighted by molar-refractivity contribution is 6.39. The van der Waals surface area contributed by atoms with Crippen LogP contribution in [0, 0.1) is 0 Å². The van der Waals surface area contributed by atoms with E-state index in [4.69, 9.17) is 23.2 Å². The van der Waals surface area contributed by atoms with Crippen LogP contribution in [-0.4, -0.2) is 14.5 Å². The molecule has 0 saturated heterocycles. The second-order valence-electron chi connectivity index (χ2n) is 5.12. The fraction of sp³-hybridized carbons (Fsp3) is 0.188. The number of hydrogen-bond donors (Lipinski definition) is 0. The number of nitrogens with zero attached hydrogens (tertiary/aromatic N) is 3. The Hall–Kier alpha value is -1.91. The summed E-state index contributed by atoms with van der Waals surface area (Å²) in [6.07, 6.45) is 5.71. The number of halogens is 2. The number of fused-ring (bicyclic) bond motifs is 1. The van der Waals surface area contributed by atoms with E-state index in [1.165, 1.54) is 6.33 Å². The van der Waals surface area contributed by atoms with E-state index < -0.39 is 0 Å². The lowest BCUT2D eigenvalue weighted by Gasteiger charge is -2.15. The highest BCUT2D eigenvalue weighted by Gasteiger charge is 2.14. The molecular formula is C16H13Cl2N3O. The summed E-state index contributed by atoms with van der Waals surface area (Å²) in [4.78, 5) is 21.1. The van der Waals surface area contributed by atoms with Crippen LogP contribution < -0.4 is 5.56 Å². The third-order valence-corrected chi connectivity index (χ3v) is 4.19. The van der Waals surface area contributed by atoms with Crippen LogP contribution in [0.25, 0.3) is 10.9 Å². The first-order valence-electron chi connectivity index (χ1n) is 6.81. The van der Waals surface area contributed by atoms with Crippen LogP contribution >= 0.6 is 23.2 Å². The van der Waals surface area contributed by atoms with E-state index >= 15 is 0 Å². The van der Waals surface area contributed by atoms with Crippen LogP contribution in [-0.2, 0) is 6.42 Å². The van der Waals surface area contributed by atoms with Crippen molar-refractivity contribution in [3.8, 4) is 0 Å². The summed E-state index contributed by atoms with van der Waals surface area (Å²) >= 11 is 12.2. The molecule has 0 amide bonds. The Morgan fingerprint density at radius 3 is 2.73 bits per heavy atom. The zero-order chi connectivity index (χ0) is 15.7. The molecule has 3 rings (SSSR count). The number of hydrogen-bond acceptors (Lipinski definition) is 3. The van der Waals surface area contributed by atoms with Gasteiger partial charge in [0.15, 0.2) is 0 Å². The minimum atomic E-state index is -0.186. The van der Waals surface area contributed by atoms with E-state index in [0.717, 1.165) is 5.56 Å². The molecule has 4 nitrogen and oxygen atoms in total. The van der Waals surface area contributed by atoms with E-state index in [1.54, 1.807) is 29.1 Å². The largest absolute Gasteiger partial charge is 0.296 e. The van der Waals surface area contributed by atoms with Gasteiger partial charge in [-0.3, -0.25) is 14.3 Å². The molecule has 3 aromatic rings. The smallest absolute Gasteiger partial charge is 0.263 e. The van der Waals surface area contributed by atoms with Gasteiger partial charge >= 0.3 is 0 Å². The molecule has 6 heteroatoms. The van der Waals surface area contributed by atoms with E-state index in [1.807, 2.05) is 19.1 Å². The van der Waals surface area contributed by atoms with E-state index in [9.17, 15) is 4.79 Å². The standard InChI is InChI=1S/C16H13Cl2N3O/c1-10(7-11-3-2-6-19-8-11)21-9-20-15-13(18)5-4-12(17)14(15)16(21)22/h2-6,8-10H,7H2,1H3/t10-/m1/s1. The molecule has 2 aromatic heterocycles. The predicted octanol–water partition coefficient (Wildman–Crippen LogP) is 3.90. The molecule has 0 unspecified atom stereocenters. The highest BCUT2D eigenvalue weighted by Crippen LogP contribution is 2.26. The van der Waals surface area contributed by atoms with Crippen LogP contribution in [0.2, 0.25) is 10.0 Å². The monoisotopic (exact) mass is 333 g/mol. The van der Waals surface area contributed by atoms with Crippen molar-refractivity contribution in [2.45, 2.75) is 19.4 Å². The number of benzene rings is 1. The lowest BCUT2D eigenvalue weighted by atomic mass is 10.1. The number of pyridine rings is 1. The molecule has 0 spiro atoms. The molecule has 0 aliphatic carbocycles. The Bertz CT molecular complexity index is 878. The van der Waals surface area contributed by atoms with Gasteiger partial charge < -0.3 is 0 Å². The van der Waals surface area contributed by atoms with Crippen molar-refractivity contribution >= 4 is 34.1 Å². The van der Waals surface area contributed by atoms with Crippen LogP contribution in [0.3, 0.4) is 0 Å². The van der Waals surface area contributed by atoms with Crippen molar-refractivity contribution in [1.82, 2.24) is 14.5 Å². The minimum Gasteiger partial charge on any atom is -0.296 e. The molecule has 112 valence electrons. The lowest BCUT2D eigenvalue weighted by molar-refractivity contribution is 0.522. The Morgan fingerprint density at radius 1 is 1.23 bits per heavy atom. The van der Waals surface area contributed by atoms with E-state index in [0.29, 0.717) is 27.4 Å². The molecule has 1 atom stereocenters. The molecule has 0 aliphatic rings. The fourth-order valence-electron chi connectivity index (χ4n) is 2.44. The Kier molecular flexibility index (Phi) is 4.14. The lowest BCUT2D eigenvalue weighted by Crippen LogP contribution is -2.25. The summed E-state index contributed by atoms with van der Waals surface area (Å²) < 4.78 is 1.58. The van der Waals surface area contributed by atoms with Gasteiger partial charge in [0, 0.05) is 18.4 Å². The Labute approximate surface area is 137 Å². The average molecular weight is 334 g/mol. The maximum absolute atomic E-state index is 12.7. The summed E-state index contributed by atoms with van der Waals surface area (Å²) in [7, 11) is 0. The van der Waals surface area contributed by atoms with Gasteiger partial charge in [0.2, 0.25) is 0 Å². The van der Waals surface area contributed by atoms with Crippen molar-refractivity contribution in [2.75, 3.05) is 0 Å². The molecule has 1 aromatic carbocycles. The maximum Gasteiger partial charge on any atom is 0.263 e. The Morgan fingerprint density at radius 2 is 2.00 bits per heavy atom. The van der Waals surface area contributed by atoms with E-state index in [2.05, 4.69) is 9.97 Å². The normalized spacial score (nSPS) is 12.5. The molecule has 0 radical (unpaired) electrons. The first-order chi connectivity index (χ1) is 10.6. The van der Waals surface area contributed by atoms with Gasteiger partial charge in [0.05, 0.1) is 27.3 Å². The van der Waals surface area contributed by atoms with Crippen LogP contribution in [0.1, 0.15) is 18.5 Å². The highest BCUT2D eigenvalue weighted by atomic mass is 35.5. The van der Waals surface area contributed by atoms with Crippen LogP contribution in [0.5, 0.6) is 0 Å². The molecule has 0 N–H and O–H groups in total. The van der Waals surface area contributed by atoms with Gasteiger partial charge in [-0.05, 0) is 37.1 Å². The first-order valence-corrected chi connectivity index (χ1v) is 7.57. The number of aromatic nitrogens is 3. The summed E-state index contributed by atoms with van der Waals surface area (Å²) in [5.74, 6) is 0. The fourth-order valence-corrected chi connectivity index (χ4v) is 2.88. The second kappa shape index (κ2) is 6.07. The minimum absolute atomic E-state index is 0.0661. The third-order valence-electron chi connectivity index (χ3n) is 3.57. The van der Waals surface area contributed by atoms with Crippen molar-refractivity contribution in [3.63, 3.8) is 0 Å². The second-order valence-corrected chi connectivity index (χ2v) is 5.94. The van der Waals surface area contributed by atoms with Gasteiger partial charge in [-0.15, -0.1) is 0 Å². The summed E-state index contributed by atoms with van der Waals surface area (Å²) in [5, 5.41) is 1.14. The molecule has 2 heterocycles. The van der Waals surface area contributed by atoms with Crippen molar-refractivity contribution in [3.05, 3.63) is 68.9 Å². The van der Waals surface area contributed by atoms with Gasteiger partial charge in [0.25, 0.3) is 5.56 Å². The van der Waals surface area contributed by atoms with Crippen molar-refractivity contribution < 1.29 is 0 Å². The molecule has 0 bridgehead atoms. The number of rotatable bonds is 3. The van der Waals surface area contributed by atoms with Crippen LogP contribution in [0.15, 0.2) is 47.8 Å². The van der Waals surface area contributed by atoms with Crippen molar-refractivity contribution in [1.29, 1.82) is 0 Å². The molecule has 0 saturated carbocycles. The third kappa shape index (κ3) is 2.72. The van der Waals surface area contributed by atoms with Gasteiger partial charge in [0.1, 0.15) is 0 Å². The molecule has 0 aliphatic heterocycles. The molecule has 0 fully saturated rings. The first kappa shape index (κ1) is 15.0. The van der Waals surface area contributed by atoms with Crippen LogP contribution in [0.4, 0.5) is 0 Å². The summed E-state index contributed by atoms with van der Waals surface area (Å²) in [6, 6.07) is 7.05. The molecular weight excluding hydrogens is 321 g/mol. The topological polar surface area (TPSA) is 47.8 Å². The zero-order valence-corrected chi connectivity index (χ0v) is 13.3. The maximum atomic E-state index is 12.7. The van der Waals surface area contributed by atoms with Gasteiger partial charge in [-0.2, -0.15) is 0 Å². The molecule has 22 heavy (non-hydrogen) atoms. The summed E-state index contributed by atoms with van der Waals surface area (Å²) in [5.41, 5.74) is 1.30. The summed E-state index contributed by atoms with van der Waals surface area (Å²) in [6.45, 7) is 1.96. The Balaban J connectivity index is 2.07.